The van der Waals surface area contributed by atoms with Crippen LogP contribution >= 0.6 is 35.0 Å². The molecule has 32 heavy (non-hydrogen) atoms. The van der Waals surface area contributed by atoms with Crippen molar-refractivity contribution < 1.29 is 14.7 Å². The van der Waals surface area contributed by atoms with Gasteiger partial charge in [0.15, 0.2) is 0 Å². The molecule has 6 nitrogen and oxygen atoms in total. The zero-order valence-electron chi connectivity index (χ0n) is 16.4. The van der Waals surface area contributed by atoms with E-state index in [0.29, 0.717) is 27.0 Å². The first kappa shape index (κ1) is 22.1. The molecule has 0 aliphatic carbocycles. The number of halogens is 2. The SMILES string of the molecule is O=C1S/C(=C\c2cc(N=Nc3ccc(Cl)cc3Cl)ccc2O)C(=O)N1Cc1ccccc1. The molecule has 0 aromatic heterocycles. The number of nitrogens with zero attached hydrogens (tertiary/aromatic N) is 3. The fourth-order valence-corrected chi connectivity index (χ4v) is 4.21. The van der Waals surface area contributed by atoms with E-state index in [-0.39, 0.29) is 22.4 Å². The first-order valence-corrected chi connectivity index (χ1v) is 11.0. The summed E-state index contributed by atoms with van der Waals surface area (Å²) in [6, 6.07) is 18.7. The third-order valence-electron chi connectivity index (χ3n) is 4.54. The summed E-state index contributed by atoms with van der Waals surface area (Å²) in [6.07, 6.45) is 1.47. The molecule has 1 saturated heterocycles. The van der Waals surface area contributed by atoms with E-state index in [2.05, 4.69) is 10.2 Å². The molecule has 0 radical (unpaired) electrons. The number of azo groups is 1. The van der Waals surface area contributed by atoms with Gasteiger partial charge in [-0.3, -0.25) is 14.5 Å². The molecule has 3 aromatic rings. The maximum atomic E-state index is 12.8. The Morgan fingerprint density at radius 1 is 0.969 bits per heavy atom. The molecule has 1 fully saturated rings. The highest BCUT2D eigenvalue weighted by Gasteiger charge is 2.35. The molecule has 3 aromatic carbocycles. The van der Waals surface area contributed by atoms with Gasteiger partial charge in [-0.1, -0.05) is 53.5 Å². The topological polar surface area (TPSA) is 82.3 Å². The molecule has 1 N–H and O–H groups in total. The normalized spacial score (nSPS) is 15.3. The Morgan fingerprint density at radius 3 is 2.50 bits per heavy atom. The van der Waals surface area contributed by atoms with Gasteiger partial charge in [0, 0.05) is 10.6 Å². The van der Waals surface area contributed by atoms with Crippen LogP contribution in [0.15, 0.2) is 81.9 Å². The van der Waals surface area contributed by atoms with Crippen molar-refractivity contribution in [3.05, 3.63) is 92.8 Å². The van der Waals surface area contributed by atoms with Crippen LogP contribution in [-0.2, 0) is 11.3 Å². The largest absolute Gasteiger partial charge is 0.507 e. The number of carbonyl (C=O) groups excluding carboxylic acids is 2. The van der Waals surface area contributed by atoms with Gasteiger partial charge in [0.2, 0.25) is 0 Å². The lowest BCUT2D eigenvalue weighted by molar-refractivity contribution is -0.123. The Bertz CT molecular complexity index is 1260. The number of rotatable bonds is 5. The lowest BCUT2D eigenvalue weighted by Gasteiger charge is -2.12. The lowest BCUT2D eigenvalue weighted by Crippen LogP contribution is -2.27. The summed E-state index contributed by atoms with van der Waals surface area (Å²) in [4.78, 5) is 26.5. The molecule has 1 aliphatic heterocycles. The van der Waals surface area contributed by atoms with Crippen molar-refractivity contribution >= 4 is 63.6 Å². The van der Waals surface area contributed by atoms with E-state index in [4.69, 9.17) is 23.2 Å². The van der Waals surface area contributed by atoms with E-state index in [1.165, 1.54) is 17.0 Å². The Morgan fingerprint density at radius 2 is 1.75 bits per heavy atom. The van der Waals surface area contributed by atoms with Gasteiger partial charge >= 0.3 is 0 Å². The number of hydrogen-bond acceptors (Lipinski definition) is 6. The van der Waals surface area contributed by atoms with Crippen molar-refractivity contribution in [1.82, 2.24) is 4.90 Å². The second-order valence-corrected chi connectivity index (χ2v) is 8.63. The molecular formula is C23H15Cl2N3O3S. The Labute approximate surface area is 198 Å². The minimum absolute atomic E-state index is 0.0525. The number of imide groups is 1. The third kappa shape index (κ3) is 5.02. The van der Waals surface area contributed by atoms with E-state index < -0.39 is 5.91 Å². The van der Waals surface area contributed by atoms with Crippen LogP contribution in [0.4, 0.5) is 16.2 Å². The van der Waals surface area contributed by atoms with E-state index >= 15 is 0 Å². The lowest BCUT2D eigenvalue weighted by atomic mass is 10.1. The number of phenols is 1. The van der Waals surface area contributed by atoms with Crippen LogP contribution in [0, 0.1) is 0 Å². The molecule has 0 spiro atoms. The minimum Gasteiger partial charge on any atom is -0.507 e. The van der Waals surface area contributed by atoms with Crippen LogP contribution in [0.2, 0.25) is 10.0 Å². The van der Waals surface area contributed by atoms with Crippen LogP contribution in [0.25, 0.3) is 6.08 Å². The quantitative estimate of drug-likeness (QED) is 0.303. The van der Waals surface area contributed by atoms with Crippen LogP contribution < -0.4 is 0 Å². The average Bonchev–Trinajstić information content (AvgIpc) is 3.03. The predicted octanol–water partition coefficient (Wildman–Crippen LogP) is 7.35. The maximum absolute atomic E-state index is 12.8. The van der Waals surface area contributed by atoms with Gasteiger partial charge in [-0.05, 0) is 59.8 Å². The first-order valence-electron chi connectivity index (χ1n) is 9.40. The van der Waals surface area contributed by atoms with Crippen molar-refractivity contribution in [1.29, 1.82) is 0 Å². The summed E-state index contributed by atoms with van der Waals surface area (Å²) in [5.74, 6) is -0.466. The molecule has 0 atom stereocenters. The van der Waals surface area contributed by atoms with E-state index in [1.807, 2.05) is 30.3 Å². The summed E-state index contributed by atoms with van der Waals surface area (Å²) in [5.41, 5.74) is 2.06. The van der Waals surface area contributed by atoms with Crippen molar-refractivity contribution in [3.63, 3.8) is 0 Å². The maximum Gasteiger partial charge on any atom is 0.293 e. The van der Waals surface area contributed by atoms with Gasteiger partial charge in [0.05, 0.1) is 22.2 Å². The highest BCUT2D eigenvalue weighted by atomic mass is 35.5. The smallest absolute Gasteiger partial charge is 0.293 e. The van der Waals surface area contributed by atoms with E-state index in [0.717, 1.165) is 17.3 Å². The molecular weight excluding hydrogens is 469 g/mol. The van der Waals surface area contributed by atoms with Crippen LogP contribution in [0.3, 0.4) is 0 Å². The summed E-state index contributed by atoms with van der Waals surface area (Å²) in [7, 11) is 0. The fourth-order valence-electron chi connectivity index (χ4n) is 2.94. The molecule has 0 saturated carbocycles. The highest BCUT2D eigenvalue weighted by molar-refractivity contribution is 8.18. The second kappa shape index (κ2) is 9.56. The minimum atomic E-state index is -0.414. The predicted molar refractivity (Wildman–Crippen MR) is 127 cm³/mol. The zero-order chi connectivity index (χ0) is 22.7. The summed E-state index contributed by atoms with van der Waals surface area (Å²) < 4.78 is 0. The number of amides is 2. The van der Waals surface area contributed by atoms with Crippen LogP contribution in [0.5, 0.6) is 5.75 Å². The van der Waals surface area contributed by atoms with Gasteiger partial charge in [0.1, 0.15) is 11.4 Å². The zero-order valence-corrected chi connectivity index (χ0v) is 18.7. The van der Waals surface area contributed by atoms with E-state index in [9.17, 15) is 14.7 Å². The van der Waals surface area contributed by atoms with Gasteiger partial charge in [-0.25, -0.2) is 0 Å². The number of thioether (sulfide) groups is 1. The summed E-state index contributed by atoms with van der Waals surface area (Å²) in [6.45, 7) is 0.185. The van der Waals surface area contributed by atoms with Crippen molar-refractivity contribution in [2.24, 2.45) is 10.2 Å². The molecule has 160 valence electrons. The fraction of sp³-hybridized carbons (Fsp3) is 0.0435. The second-order valence-electron chi connectivity index (χ2n) is 6.79. The Balaban J connectivity index is 1.56. The van der Waals surface area contributed by atoms with E-state index in [1.54, 1.807) is 30.3 Å². The molecule has 1 aliphatic rings. The molecule has 9 heteroatoms. The monoisotopic (exact) mass is 483 g/mol. The van der Waals surface area contributed by atoms with Gasteiger partial charge < -0.3 is 5.11 Å². The first-order chi connectivity index (χ1) is 15.4. The molecule has 4 rings (SSSR count). The number of aromatic hydroxyl groups is 1. The van der Waals surface area contributed by atoms with Crippen molar-refractivity contribution in [3.8, 4) is 5.75 Å². The van der Waals surface area contributed by atoms with Gasteiger partial charge in [-0.2, -0.15) is 5.11 Å². The van der Waals surface area contributed by atoms with Crippen molar-refractivity contribution in [2.45, 2.75) is 6.54 Å². The number of benzene rings is 3. The van der Waals surface area contributed by atoms with Gasteiger partial charge in [-0.15, -0.1) is 5.11 Å². The van der Waals surface area contributed by atoms with Crippen LogP contribution in [-0.4, -0.2) is 21.2 Å². The Hall–Kier alpha value is -3.13. The number of hydrogen-bond donors (Lipinski definition) is 1. The third-order valence-corrected chi connectivity index (χ3v) is 5.98. The number of phenolic OH excluding ortho intramolecular Hbond substituents is 1. The molecule has 0 bridgehead atoms. The van der Waals surface area contributed by atoms with Gasteiger partial charge in [0.25, 0.3) is 11.1 Å². The molecule has 2 amide bonds. The average molecular weight is 484 g/mol. The molecule has 1 heterocycles. The summed E-state index contributed by atoms with van der Waals surface area (Å²) in [5, 5.41) is 19.0. The Kier molecular flexibility index (Phi) is 6.60. The van der Waals surface area contributed by atoms with Crippen molar-refractivity contribution in [2.75, 3.05) is 0 Å². The highest BCUT2D eigenvalue weighted by Crippen LogP contribution is 2.36. The number of carbonyl (C=O) groups is 2. The van der Waals surface area contributed by atoms with Crippen LogP contribution in [0.1, 0.15) is 11.1 Å². The molecule has 0 unspecified atom stereocenters. The standard InChI is InChI=1S/C23H15Cl2N3O3S/c24-16-6-8-19(18(25)12-16)27-26-17-7-9-20(29)15(10-17)11-21-22(30)28(23(31)32-21)13-14-4-2-1-3-5-14/h1-12,29H,13H2/b21-11-,27-26?. The summed E-state index contributed by atoms with van der Waals surface area (Å²) >= 11 is 12.8.